The first-order valence-electron chi connectivity index (χ1n) is 8.12. The van der Waals surface area contributed by atoms with Gasteiger partial charge in [0.2, 0.25) is 0 Å². The summed E-state index contributed by atoms with van der Waals surface area (Å²) in [7, 11) is 2.77. The van der Waals surface area contributed by atoms with E-state index in [0.29, 0.717) is 31.8 Å². The van der Waals surface area contributed by atoms with Crippen LogP contribution in [0.1, 0.15) is 19.3 Å². The van der Waals surface area contributed by atoms with E-state index in [1.165, 1.54) is 19.1 Å². The Morgan fingerprint density at radius 2 is 2.08 bits per heavy atom. The molecule has 3 aliphatic rings. The molecule has 0 N–H and O–H groups in total. The van der Waals surface area contributed by atoms with E-state index < -0.39 is 12.0 Å². The zero-order chi connectivity index (χ0) is 17.2. The Labute approximate surface area is 141 Å². The molecule has 8 heteroatoms. The van der Waals surface area contributed by atoms with Crippen LogP contribution in [0.2, 0.25) is 0 Å². The number of urea groups is 1. The summed E-state index contributed by atoms with van der Waals surface area (Å²) in [5.41, 5.74) is 0.448. The molecule has 3 rings (SSSR count). The molecule has 132 valence electrons. The summed E-state index contributed by atoms with van der Waals surface area (Å²) >= 11 is 0. The number of hydrogen-bond acceptors (Lipinski definition) is 6. The largest absolute Gasteiger partial charge is 0.467 e. The fourth-order valence-corrected chi connectivity index (χ4v) is 3.54. The highest BCUT2D eigenvalue weighted by atomic mass is 16.6. The Balaban J connectivity index is 1.67. The van der Waals surface area contributed by atoms with Crippen molar-refractivity contribution >= 4 is 17.7 Å². The van der Waals surface area contributed by atoms with Gasteiger partial charge in [-0.3, -0.25) is 0 Å². The van der Waals surface area contributed by atoms with Gasteiger partial charge in [0.05, 0.1) is 31.6 Å². The van der Waals surface area contributed by atoms with E-state index in [-0.39, 0.29) is 18.2 Å². The minimum Gasteiger partial charge on any atom is -0.467 e. The number of carbonyl (C=O) groups excluding carboxylic acids is 2. The maximum atomic E-state index is 12.9. The number of piperidine rings is 1. The van der Waals surface area contributed by atoms with Crippen molar-refractivity contribution in [2.24, 2.45) is 5.16 Å². The molecule has 0 saturated carbocycles. The summed E-state index contributed by atoms with van der Waals surface area (Å²) in [5.74, 6) is -0.430. The molecule has 2 fully saturated rings. The molecule has 24 heavy (non-hydrogen) atoms. The van der Waals surface area contributed by atoms with Crippen LogP contribution in [-0.4, -0.2) is 79.6 Å². The van der Waals surface area contributed by atoms with Crippen LogP contribution in [0.15, 0.2) is 17.3 Å². The second kappa shape index (κ2) is 6.80. The lowest BCUT2D eigenvalue weighted by Gasteiger charge is -2.39. The average molecular weight is 337 g/mol. The standard InChI is InChI=1S/C16H23N3O5/c1-22-14(20)13-10-12(17-23-2)11-19(13)15(21)18-7-5-16(6-8-18)4-3-9-24-16/h3-4,13H,5-11H2,1-2H3. The maximum absolute atomic E-state index is 12.9. The third kappa shape index (κ3) is 3.10. The first-order valence-corrected chi connectivity index (χ1v) is 8.12. The van der Waals surface area contributed by atoms with Crippen molar-refractivity contribution in [1.29, 1.82) is 0 Å². The van der Waals surface area contributed by atoms with Crippen molar-refractivity contribution in [2.75, 3.05) is 40.5 Å². The normalized spacial score (nSPS) is 27.1. The molecule has 0 aromatic heterocycles. The van der Waals surface area contributed by atoms with Gasteiger partial charge in [0, 0.05) is 19.5 Å². The third-order valence-corrected chi connectivity index (χ3v) is 4.87. The van der Waals surface area contributed by atoms with Crippen LogP contribution in [0.5, 0.6) is 0 Å². The lowest BCUT2D eigenvalue weighted by Crippen LogP contribution is -2.53. The smallest absolute Gasteiger partial charge is 0.329 e. The molecule has 0 aromatic carbocycles. The fourth-order valence-electron chi connectivity index (χ4n) is 3.54. The van der Waals surface area contributed by atoms with E-state index in [1.54, 1.807) is 4.90 Å². The quantitative estimate of drug-likeness (QED) is 0.422. The minimum atomic E-state index is -0.644. The van der Waals surface area contributed by atoms with E-state index in [4.69, 9.17) is 14.3 Å². The molecular weight excluding hydrogens is 314 g/mol. The summed E-state index contributed by atoms with van der Waals surface area (Å²) in [4.78, 5) is 33.0. The zero-order valence-electron chi connectivity index (χ0n) is 14.1. The van der Waals surface area contributed by atoms with E-state index >= 15 is 0 Å². The number of ether oxygens (including phenoxy) is 2. The summed E-state index contributed by atoms with van der Waals surface area (Å²) < 4.78 is 10.6. The van der Waals surface area contributed by atoms with Gasteiger partial charge in [-0.05, 0) is 12.8 Å². The highest BCUT2D eigenvalue weighted by Gasteiger charge is 2.43. The predicted molar refractivity (Wildman–Crippen MR) is 85.6 cm³/mol. The molecule has 1 spiro atoms. The van der Waals surface area contributed by atoms with Crippen LogP contribution in [0.25, 0.3) is 0 Å². The van der Waals surface area contributed by atoms with Crippen LogP contribution in [0, 0.1) is 0 Å². The van der Waals surface area contributed by atoms with E-state index in [9.17, 15) is 9.59 Å². The van der Waals surface area contributed by atoms with Crippen LogP contribution in [-0.2, 0) is 19.1 Å². The third-order valence-electron chi connectivity index (χ3n) is 4.87. The molecule has 1 atom stereocenters. The van der Waals surface area contributed by atoms with Crippen LogP contribution in [0.3, 0.4) is 0 Å². The highest BCUT2D eigenvalue weighted by molar-refractivity contribution is 5.99. The summed E-state index contributed by atoms with van der Waals surface area (Å²) in [6, 6.07) is -0.807. The van der Waals surface area contributed by atoms with Gasteiger partial charge in [-0.15, -0.1) is 0 Å². The second-order valence-electron chi connectivity index (χ2n) is 6.26. The molecule has 8 nitrogen and oxygen atoms in total. The Morgan fingerprint density at radius 3 is 2.67 bits per heavy atom. The summed E-state index contributed by atoms with van der Waals surface area (Å²) in [6.07, 6.45) is 6.01. The Bertz CT molecular complexity index is 566. The van der Waals surface area contributed by atoms with E-state index in [2.05, 4.69) is 11.2 Å². The van der Waals surface area contributed by atoms with Gasteiger partial charge in [0.15, 0.2) is 0 Å². The van der Waals surface area contributed by atoms with Crippen LogP contribution < -0.4 is 0 Å². The number of hydrogen-bond donors (Lipinski definition) is 0. The maximum Gasteiger partial charge on any atom is 0.329 e. The Kier molecular flexibility index (Phi) is 4.75. The molecule has 3 heterocycles. The number of esters is 1. The molecule has 1 unspecified atom stereocenters. The average Bonchev–Trinajstić information content (AvgIpc) is 3.22. The lowest BCUT2D eigenvalue weighted by molar-refractivity contribution is -0.145. The van der Waals surface area contributed by atoms with Gasteiger partial charge < -0.3 is 24.1 Å². The van der Waals surface area contributed by atoms with Crippen molar-refractivity contribution in [1.82, 2.24) is 9.80 Å². The molecule has 0 aromatic rings. The van der Waals surface area contributed by atoms with Crippen molar-refractivity contribution in [3.05, 3.63) is 12.2 Å². The van der Waals surface area contributed by atoms with Gasteiger partial charge in [0.25, 0.3) is 0 Å². The number of methoxy groups -OCH3 is 1. The number of likely N-dealkylation sites (tertiary alicyclic amines) is 2. The Morgan fingerprint density at radius 1 is 1.33 bits per heavy atom. The van der Waals surface area contributed by atoms with Crippen LogP contribution >= 0.6 is 0 Å². The van der Waals surface area contributed by atoms with Gasteiger partial charge >= 0.3 is 12.0 Å². The number of amides is 2. The van der Waals surface area contributed by atoms with Crippen molar-refractivity contribution in [3.8, 4) is 0 Å². The molecule has 0 radical (unpaired) electrons. The molecule has 2 amide bonds. The van der Waals surface area contributed by atoms with Gasteiger partial charge in [-0.25, -0.2) is 9.59 Å². The first kappa shape index (κ1) is 16.8. The monoisotopic (exact) mass is 337 g/mol. The second-order valence-corrected chi connectivity index (χ2v) is 6.26. The fraction of sp³-hybridized carbons (Fsp3) is 0.688. The number of nitrogens with zero attached hydrogens (tertiary/aromatic N) is 3. The van der Waals surface area contributed by atoms with Crippen molar-refractivity contribution in [3.63, 3.8) is 0 Å². The van der Waals surface area contributed by atoms with Gasteiger partial charge in [-0.2, -0.15) is 0 Å². The van der Waals surface area contributed by atoms with E-state index in [1.807, 2.05) is 6.08 Å². The zero-order valence-corrected chi connectivity index (χ0v) is 14.1. The van der Waals surface area contributed by atoms with Crippen molar-refractivity contribution < 1.29 is 23.9 Å². The first-order chi connectivity index (χ1) is 11.6. The van der Waals surface area contributed by atoms with Gasteiger partial charge in [0.1, 0.15) is 13.2 Å². The number of carbonyl (C=O) groups is 2. The molecule has 3 aliphatic heterocycles. The number of rotatable bonds is 2. The van der Waals surface area contributed by atoms with Gasteiger partial charge in [-0.1, -0.05) is 17.3 Å². The van der Waals surface area contributed by atoms with Crippen LogP contribution in [0.4, 0.5) is 4.79 Å². The minimum absolute atomic E-state index is 0.163. The highest BCUT2D eigenvalue weighted by Crippen LogP contribution is 2.32. The number of oxime groups is 1. The SMILES string of the molecule is CON=C1CC(C(=O)OC)N(C(=O)N2CCC3(C=CCO3)CC2)C1. The molecular formula is C16H23N3O5. The summed E-state index contributed by atoms with van der Waals surface area (Å²) in [5, 5.41) is 3.89. The van der Waals surface area contributed by atoms with E-state index in [0.717, 1.165) is 12.8 Å². The summed E-state index contributed by atoms with van der Waals surface area (Å²) in [6.45, 7) is 2.13. The molecule has 0 aliphatic carbocycles. The van der Waals surface area contributed by atoms with Crippen molar-refractivity contribution in [2.45, 2.75) is 30.9 Å². The topological polar surface area (TPSA) is 80.7 Å². The predicted octanol–water partition coefficient (Wildman–Crippen LogP) is 0.777. The molecule has 0 bridgehead atoms. The molecule has 2 saturated heterocycles. The lowest BCUT2D eigenvalue weighted by atomic mass is 9.92. The Hall–Kier alpha value is -2.09.